The lowest BCUT2D eigenvalue weighted by atomic mass is 10.0. The van der Waals surface area contributed by atoms with Crippen molar-refractivity contribution in [2.24, 2.45) is 0 Å². The molecular formula is C21H23ClN6O6. The molecule has 34 heavy (non-hydrogen) atoms. The van der Waals surface area contributed by atoms with E-state index >= 15 is 0 Å². The van der Waals surface area contributed by atoms with Crippen LogP contribution in [0.1, 0.15) is 35.3 Å². The van der Waals surface area contributed by atoms with Gasteiger partial charge in [0, 0.05) is 12.0 Å². The summed E-state index contributed by atoms with van der Waals surface area (Å²) in [6.45, 7) is 0.644. The molecule has 0 aliphatic carbocycles. The Morgan fingerprint density at radius 1 is 1.26 bits per heavy atom. The van der Waals surface area contributed by atoms with E-state index in [2.05, 4.69) is 15.3 Å². The van der Waals surface area contributed by atoms with Gasteiger partial charge in [-0.1, -0.05) is 0 Å². The summed E-state index contributed by atoms with van der Waals surface area (Å²) in [5, 5.41) is 20.3. The molecule has 0 bridgehead atoms. The van der Waals surface area contributed by atoms with Gasteiger partial charge < -0.3 is 33.7 Å². The predicted molar refractivity (Wildman–Crippen MR) is 117 cm³/mol. The quantitative estimate of drug-likeness (QED) is 0.251. The molecule has 13 heteroatoms. The number of rotatable bonds is 7. The summed E-state index contributed by atoms with van der Waals surface area (Å²) in [6.07, 6.45) is 2.71. The number of aliphatic carboxylic acids is 2. The highest BCUT2D eigenvalue weighted by molar-refractivity contribution is 5.97. The van der Waals surface area contributed by atoms with Crippen LogP contribution in [0.3, 0.4) is 0 Å². The molecule has 2 unspecified atom stereocenters. The Balaban J connectivity index is 0.00000324. The number of aromatic amines is 1. The Kier molecular flexibility index (Phi) is 7.20. The zero-order valence-corrected chi connectivity index (χ0v) is 18.7. The first kappa shape index (κ1) is 24.7. The number of amides is 1. The van der Waals surface area contributed by atoms with Crippen molar-refractivity contribution in [3.63, 3.8) is 0 Å². The fourth-order valence-electron chi connectivity index (χ4n) is 4.10. The lowest BCUT2D eigenvalue weighted by molar-refractivity contribution is -0.476. The average molecular weight is 491 g/mol. The first-order chi connectivity index (χ1) is 15.7. The van der Waals surface area contributed by atoms with Crippen LogP contribution in [0, 0.1) is 0 Å². The van der Waals surface area contributed by atoms with Crippen molar-refractivity contribution in [3.05, 3.63) is 45.9 Å². The number of nitrogen functional groups attached to an aromatic ring is 1. The third-order valence-electron chi connectivity index (χ3n) is 5.73. The molecule has 1 amide bonds. The van der Waals surface area contributed by atoms with Crippen molar-refractivity contribution < 1.29 is 41.6 Å². The minimum Gasteiger partial charge on any atom is -1.00 e. The Labute approximate surface area is 199 Å². The van der Waals surface area contributed by atoms with E-state index in [1.54, 1.807) is 24.3 Å². The molecule has 0 saturated carbocycles. The third kappa shape index (κ3) is 5.01. The Morgan fingerprint density at radius 2 is 1.97 bits per heavy atom. The van der Waals surface area contributed by atoms with Gasteiger partial charge in [-0.3, -0.25) is 19.4 Å². The molecule has 0 saturated heterocycles. The highest BCUT2D eigenvalue weighted by Gasteiger charge is 2.39. The first-order valence-corrected chi connectivity index (χ1v) is 10.4. The molecule has 2 atom stereocenters. The van der Waals surface area contributed by atoms with Crippen LogP contribution in [0.2, 0.25) is 0 Å². The molecule has 1 aromatic heterocycles. The maximum Gasteiger partial charge on any atom is 0.326 e. The van der Waals surface area contributed by atoms with Crippen molar-refractivity contribution in [3.8, 4) is 0 Å². The molecular weight excluding hydrogens is 468 g/mol. The number of aromatic nitrogens is 2. The van der Waals surface area contributed by atoms with Gasteiger partial charge in [0.1, 0.15) is 24.3 Å². The zero-order chi connectivity index (χ0) is 23.7. The van der Waals surface area contributed by atoms with Gasteiger partial charge in [0.15, 0.2) is 0 Å². The van der Waals surface area contributed by atoms with Crippen molar-refractivity contribution in [1.82, 2.24) is 15.3 Å². The third-order valence-corrected chi connectivity index (χ3v) is 5.73. The Morgan fingerprint density at radius 3 is 2.62 bits per heavy atom. The van der Waals surface area contributed by atoms with Crippen LogP contribution >= 0.6 is 0 Å². The summed E-state index contributed by atoms with van der Waals surface area (Å²) < 4.78 is 1.89. The average Bonchev–Trinajstić information content (AvgIpc) is 3.20. The normalized spacial score (nSPS) is 17.0. The highest BCUT2D eigenvalue weighted by atomic mass is 35.5. The smallest absolute Gasteiger partial charge is 0.326 e. The number of H-pyrrole nitrogens is 1. The second-order valence-electron chi connectivity index (χ2n) is 7.96. The minimum absolute atomic E-state index is 0. The molecule has 2 aliphatic heterocycles. The molecule has 1 aromatic carbocycles. The SMILES string of the molecule is Nc1nc2c(c(=O)[nH]1)[N+]1=CN(c3ccc(C(=O)NC(CCC(=O)O)C(=O)O)cc3)CC1CC2.[Cl-]. The number of anilines is 2. The molecule has 12 nitrogen and oxygen atoms in total. The molecule has 3 heterocycles. The number of hydrogen-bond acceptors (Lipinski definition) is 7. The molecule has 0 spiro atoms. The predicted octanol–water partition coefficient (Wildman–Crippen LogP) is -3.09. The number of carbonyl (C=O) groups is 3. The van der Waals surface area contributed by atoms with E-state index in [1.807, 2.05) is 15.8 Å². The van der Waals surface area contributed by atoms with E-state index in [0.29, 0.717) is 24.3 Å². The van der Waals surface area contributed by atoms with Gasteiger partial charge in [-0.25, -0.2) is 19.3 Å². The minimum atomic E-state index is -1.30. The van der Waals surface area contributed by atoms with E-state index in [-0.39, 0.29) is 48.4 Å². The number of carboxylic acid groups (broad SMARTS) is 2. The van der Waals surface area contributed by atoms with E-state index in [4.69, 9.17) is 10.8 Å². The van der Waals surface area contributed by atoms with E-state index in [1.165, 1.54) is 0 Å². The molecule has 180 valence electrons. The second-order valence-corrected chi connectivity index (χ2v) is 7.96. The van der Waals surface area contributed by atoms with Gasteiger partial charge in [0.25, 0.3) is 11.5 Å². The Bertz CT molecular complexity index is 1210. The summed E-state index contributed by atoms with van der Waals surface area (Å²) in [5.74, 6) is -2.94. The van der Waals surface area contributed by atoms with Gasteiger partial charge >= 0.3 is 11.9 Å². The second kappa shape index (κ2) is 9.91. The van der Waals surface area contributed by atoms with E-state index in [0.717, 1.165) is 12.1 Å². The van der Waals surface area contributed by atoms with Crippen LogP contribution in [-0.2, 0) is 16.0 Å². The monoisotopic (exact) mass is 490 g/mol. The summed E-state index contributed by atoms with van der Waals surface area (Å²) >= 11 is 0. The maximum atomic E-state index is 12.4. The Hall–Kier alpha value is -3.93. The number of nitrogens with zero attached hydrogens (tertiary/aromatic N) is 3. The highest BCUT2D eigenvalue weighted by Crippen LogP contribution is 2.29. The number of nitrogens with two attached hydrogens (primary N) is 1. The fraction of sp³-hybridized carbons (Fsp3) is 0.333. The summed E-state index contributed by atoms with van der Waals surface area (Å²) in [5.41, 5.74) is 7.56. The van der Waals surface area contributed by atoms with Crippen molar-refractivity contribution in [1.29, 1.82) is 0 Å². The number of carboxylic acids is 2. The van der Waals surface area contributed by atoms with Crippen LogP contribution in [0.15, 0.2) is 29.1 Å². The molecule has 2 aromatic rings. The number of hydrogen-bond donors (Lipinski definition) is 5. The van der Waals surface area contributed by atoms with Crippen molar-refractivity contribution in [2.45, 2.75) is 37.8 Å². The molecule has 4 rings (SSSR count). The fourth-order valence-corrected chi connectivity index (χ4v) is 4.10. The van der Waals surface area contributed by atoms with Crippen molar-refractivity contribution >= 4 is 41.5 Å². The number of fused-ring (bicyclic) bond motifs is 3. The van der Waals surface area contributed by atoms with Gasteiger partial charge in [-0.15, -0.1) is 0 Å². The van der Waals surface area contributed by atoms with Gasteiger partial charge in [0.05, 0.1) is 5.69 Å². The number of halogens is 1. The van der Waals surface area contributed by atoms with Crippen LogP contribution in [0.5, 0.6) is 0 Å². The van der Waals surface area contributed by atoms with Gasteiger partial charge in [-0.05, 0) is 43.5 Å². The van der Waals surface area contributed by atoms with Crippen LogP contribution < -0.4 is 33.9 Å². The zero-order valence-electron chi connectivity index (χ0n) is 17.9. The molecule has 2 aliphatic rings. The lowest BCUT2D eigenvalue weighted by Gasteiger charge is -2.19. The number of nitrogens with one attached hydrogen (secondary N) is 2. The summed E-state index contributed by atoms with van der Waals surface area (Å²) in [4.78, 5) is 55.6. The number of aryl methyl sites for hydroxylation is 1. The van der Waals surface area contributed by atoms with Gasteiger partial charge in [0.2, 0.25) is 18.0 Å². The topological polar surface area (TPSA) is 182 Å². The van der Waals surface area contributed by atoms with Gasteiger partial charge in [-0.2, -0.15) is 0 Å². The van der Waals surface area contributed by atoms with E-state index in [9.17, 15) is 24.3 Å². The maximum absolute atomic E-state index is 12.4. The summed E-state index contributed by atoms with van der Waals surface area (Å²) in [7, 11) is 0. The van der Waals surface area contributed by atoms with Crippen LogP contribution in [-0.4, -0.2) is 67.6 Å². The summed E-state index contributed by atoms with van der Waals surface area (Å²) in [6, 6.07) is 5.38. The van der Waals surface area contributed by atoms with Crippen molar-refractivity contribution in [2.75, 3.05) is 17.2 Å². The van der Waals surface area contributed by atoms with Crippen LogP contribution in [0.25, 0.3) is 0 Å². The lowest BCUT2D eigenvalue weighted by Crippen LogP contribution is -3.00. The standard InChI is InChI=1S/C21H22N6O6.ClH/c22-21-24-14-6-5-13-9-26(10-27(13)17(14)19(31)25-21)12-3-1-11(2-4-12)18(30)23-15(20(32)33)7-8-16(28)29;/h1-4,10,13,15H,5-9H2,(H5-,22,23,24,25,28,29,30,31,32,33);1H. The number of carbonyl (C=O) groups excluding carboxylic acids is 1. The largest absolute Gasteiger partial charge is 1.00 e. The molecule has 6 N–H and O–H groups in total. The first-order valence-electron chi connectivity index (χ1n) is 10.4. The molecule has 0 radical (unpaired) electrons. The van der Waals surface area contributed by atoms with E-state index < -0.39 is 23.9 Å². The number of benzene rings is 1. The molecule has 0 fully saturated rings. The van der Waals surface area contributed by atoms with Crippen LogP contribution in [0.4, 0.5) is 17.3 Å².